The van der Waals surface area contributed by atoms with Crippen molar-refractivity contribution in [3.63, 3.8) is 0 Å². The first-order valence-electron chi connectivity index (χ1n) is 5.05. The lowest BCUT2D eigenvalue weighted by molar-refractivity contribution is 0.302. The average Bonchev–Trinajstić information content (AvgIpc) is 2.61. The molecule has 0 heterocycles. The van der Waals surface area contributed by atoms with E-state index >= 15 is 0 Å². The molecule has 2 saturated carbocycles. The fourth-order valence-electron chi connectivity index (χ4n) is 2.80. The number of rotatable bonds is 2. The molecule has 0 aromatic rings. The summed E-state index contributed by atoms with van der Waals surface area (Å²) in [5.41, 5.74) is 6.52. The molecule has 0 radical (unpaired) electrons. The fourth-order valence-corrected chi connectivity index (χ4v) is 2.80. The minimum atomic E-state index is 0.303. The predicted molar refractivity (Wildman–Crippen MR) is 47.3 cm³/mol. The standard InChI is InChI=1S/C10H19N/c1-2-8-4-3-5-9(8)10(11)6-7-10/h8-9H,2-7,11H2,1H3. The van der Waals surface area contributed by atoms with Crippen LogP contribution < -0.4 is 5.73 Å². The first-order chi connectivity index (χ1) is 5.26. The van der Waals surface area contributed by atoms with E-state index in [-0.39, 0.29) is 0 Å². The van der Waals surface area contributed by atoms with Gasteiger partial charge in [-0.2, -0.15) is 0 Å². The highest BCUT2D eigenvalue weighted by Gasteiger charge is 2.49. The van der Waals surface area contributed by atoms with Crippen molar-refractivity contribution in [3.05, 3.63) is 0 Å². The van der Waals surface area contributed by atoms with Crippen LogP contribution in [0, 0.1) is 11.8 Å². The predicted octanol–water partition coefficient (Wildman–Crippen LogP) is 2.30. The monoisotopic (exact) mass is 153 g/mol. The van der Waals surface area contributed by atoms with Crippen molar-refractivity contribution in [2.75, 3.05) is 0 Å². The fraction of sp³-hybridized carbons (Fsp3) is 1.00. The lowest BCUT2D eigenvalue weighted by Gasteiger charge is -2.24. The first kappa shape index (κ1) is 7.60. The minimum absolute atomic E-state index is 0.303. The van der Waals surface area contributed by atoms with Gasteiger partial charge in [-0.25, -0.2) is 0 Å². The normalized spacial score (nSPS) is 40.9. The Kier molecular flexibility index (Phi) is 1.71. The van der Waals surface area contributed by atoms with Crippen LogP contribution in [0.15, 0.2) is 0 Å². The Labute approximate surface area is 69.4 Å². The highest BCUT2D eigenvalue weighted by molar-refractivity contribution is 5.07. The number of hydrogen-bond acceptors (Lipinski definition) is 1. The topological polar surface area (TPSA) is 26.0 Å². The van der Waals surface area contributed by atoms with E-state index in [0.717, 1.165) is 11.8 Å². The van der Waals surface area contributed by atoms with E-state index in [4.69, 9.17) is 5.73 Å². The van der Waals surface area contributed by atoms with Gasteiger partial charge in [-0.1, -0.05) is 26.2 Å². The lowest BCUT2D eigenvalue weighted by atomic mass is 9.86. The van der Waals surface area contributed by atoms with Crippen LogP contribution in [0.2, 0.25) is 0 Å². The van der Waals surface area contributed by atoms with Crippen LogP contribution in [0.5, 0.6) is 0 Å². The second kappa shape index (κ2) is 2.48. The zero-order chi connectivity index (χ0) is 7.90. The smallest absolute Gasteiger partial charge is 0.0186 e. The molecule has 0 aromatic heterocycles. The van der Waals surface area contributed by atoms with E-state index in [1.165, 1.54) is 38.5 Å². The van der Waals surface area contributed by atoms with Crippen molar-refractivity contribution < 1.29 is 0 Å². The van der Waals surface area contributed by atoms with Crippen molar-refractivity contribution in [3.8, 4) is 0 Å². The highest BCUT2D eigenvalue weighted by atomic mass is 14.8. The molecule has 11 heavy (non-hydrogen) atoms. The van der Waals surface area contributed by atoms with Crippen molar-refractivity contribution in [1.29, 1.82) is 0 Å². The van der Waals surface area contributed by atoms with Gasteiger partial charge in [0, 0.05) is 5.54 Å². The van der Waals surface area contributed by atoms with Crippen molar-refractivity contribution in [1.82, 2.24) is 0 Å². The molecule has 2 rings (SSSR count). The maximum absolute atomic E-state index is 6.22. The molecule has 0 amide bonds. The summed E-state index contributed by atoms with van der Waals surface area (Å²) in [6.07, 6.45) is 8.24. The van der Waals surface area contributed by atoms with Crippen molar-refractivity contribution in [2.45, 2.75) is 51.0 Å². The average molecular weight is 153 g/mol. The molecular weight excluding hydrogens is 134 g/mol. The SMILES string of the molecule is CCC1CCCC1C1(N)CC1. The third kappa shape index (κ3) is 1.20. The molecule has 0 aliphatic heterocycles. The molecule has 0 spiro atoms. The molecule has 2 N–H and O–H groups in total. The van der Waals surface area contributed by atoms with Gasteiger partial charge in [0.1, 0.15) is 0 Å². The molecule has 2 fully saturated rings. The van der Waals surface area contributed by atoms with E-state index in [9.17, 15) is 0 Å². The lowest BCUT2D eigenvalue weighted by Crippen LogP contribution is -2.34. The van der Waals surface area contributed by atoms with E-state index in [0.29, 0.717) is 5.54 Å². The largest absolute Gasteiger partial charge is 0.325 e. The maximum Gasteiger partial charge on any atom is 0.0186 e. The van der Waals surface area contributed by atoms with E-state index < -0.39 is 0 Å². The molecule has 0 bridgehead atoms. The van der Waals surface area contributed by atoms with Crippen molar-refractivity contribution >= 4 is 0 Å². The molecule has 2 aliphatic rings. The van der Waals surface area contributed by atoms with Gasteiger partial charge < -0.3 is 5.73 Å². The van der Waals surface area contributed by atoms with Gasteiger partial charge in [0.2, 0.25) is 0 Å². The molecule has 2 unspecified atom stereocenters. The summed E-state index contributed by atoms with van der Waals surface area (Å²) >= 11 is 0. The molecular formula is C10H19N. The number of hydrogen-bond donors (Lipinski definition) is 1. The second-order valence-electron chi connectivity index (χ2n) is 4.44. The van der Waals surface area contributed by atoms with Gasteiger partial charge in [-0.3, -0.25) is 0 Å². The molecule has 0 aromatic carbocycles. The van der Waals surface area contributed by atoms with E-state index in [2.05, 4.69) is 6.92 Å². The Morgan fingerprint density at radius 3 is 2.64 bits per heavy atom. The minimum Gasteiger partial charge on any atom is -0.325 e. The van der Waals surface area contributed by atoms with Crippen LogP contribution in [0.1, 0.15) is 45.4 Å². The molecule has 1 heteroatoms. The van der Waals surface area contributed by atoms with Crippen LogP contribution in [-0.2, 0) is 0 Å². The highest BCUT2D eigenvalue weighted by Crippen LogP contribution is 2.50. The Morgan fingerprint density at radius 2 is 2.09 bits per heavy atom. The Hall–Kier alpha value is -0.0400. The van der Waals surface area contributed by atoms with E-state index in [1.54, 1.807) is 0 Å². The van der Waals surface area contributed by atoms with Crippen molar-refractivity contribution in [2.24, 2.45) is 17.6 Å². The summed E-state index contributed by atoms with van der Waals surface area (Å²) in [6.45, 7) is 2.31. The van der Waals surface area contributed by atoms with Crippen LogP contribution in [0.25, 0.3) is 0 Å². The van der Waals surface area contributed by atoms with Crippen LogP contribution in [0.4, 0.5) is 0 Å². The molecule has 1 nitrogen and oxygen atoms in total. The number of nitrogens with two attached hydrogens (primary N) is 1. The Morgan fingerprint density at radius 1 is 1.36 bits per heavy atom. The third-order valence-electron chi connectivity index (χ3n) is 3.75. The summed E-state index contributed by atoms with van der Waals surface area (Å²) in [4.78, 5) is 0. The summed E-state index contributed by atoms with van der Waals surface area (Å²) in [5.74, 6) is 1.84. The van der Waals surface area contributed by atoms with Gasteiger partial charge in [0.15, 0.2) is 0 Å². The van der Waals surface area contributed by atoms with Gasteiger partial charge in [0.05, 0.1) is 0 Å². The zero-order valence-corrected chi connectivity index (χ0v) is 7.47. The van der Waals surface area contributed by atoms with Gasteiger partial charge in [-0.05, 0) is 31.1 Å². The Bertz CT molecular complexity index is 149. The second-order valence-corrected chi connectivity index (χ2v) is 4.44. The summed E-state index contributed by atoms with van der Waals surface area (Å²) < 4.78 is 0. The maximum atomic E-state index is 6.22. The summed E-state index contributed by atoms with van der Waals surface area (Å²) in [7, 11) is 0. The van der Waals surface area contributed by atoms with Crippen LogP contribution in [-0.4, -0.2) is 5.54 Å². The molecule has 0 saturated heterocycles. The molecule has 2 atom stereocenters. The molecule has 2 aliphatic carbocycles. The summed E-state index contributed by atoms with van der Waals surface area (Å²) in [5, 5.41) is 0. The van der Waals surface area contributed by atoms with Crippen LogP contribution >= 0.6 is 0 Å². The van der Waals surface area contributed by atoms with Gasteiger partial charge in [0.25, 0.3) is 0 Å². The third-order valence-corrected chi connectivity index (χ3v) is 3.75. The van der Waals surface area contributed by atoms with Crippen LogP contribution in [0.3, 0.4) is 0 Å². The van der Waals surface area contributed by atoms with Gasteiger partial charge >= 0.3 is 0 Å². The van der Waals surface area contributed by atoms with E-state index in [1.807, 2.05) is 0 Å². The Balaban J connectivity index is 2.01. The van der Waals surface area contributed by atoms with Gasteiger partial charge in [-0.15, -0.1) is 0 Å². The quantitative estimate of drug-likeness (QED) is 0.647. The zero-order valence-electron chi connectivity index (χ0n) is 7.47. The summed E-state index contributed by atoms with van der Waals surface area (Å²) in [6, 6.07) is 0. The molecule has 64 valence electrons. The first-order valence-corrected chi connectivity index (χ1v) is 5.05.